The zero-order chi connectivity index (χ0) is 12.8. The van der Waals surface area contributed by atoms with Crippen LogP contribution in [0.15, 0.2) is 35.0 Å². The lowest BCUT2D eigenvalue weighted by Gasteiger charge is -2.22. The monoisotopic (exact) mass is 266 g/mol. The number of cyclic esters (lactones) is 1. The van der Waals surface area contributed by atoms with Crippen LogP contribution in [0.5, 0.6) is 0 Å². The first-order chi connectivity index (χ1) is 8.78. The van der Waals surface area contributed by atoms with Crippen molar-refractivity contribution in [3.8, 4) is 0 Å². The molecule has 98 valence electrons. The molecule has 1 aliphatic heterocycles. The van der Waals surface area contributed by atoms with E-state index in [2.05, 4.69) is 18.2 Å². The third-order valence-corrected chi connectivity index (χ3v) is 4.00. The summed E-state index contributed by atoms with van der Waals surface area (Å²) in [5.41, 5.74) is 0. The molecule has 0 spiro atoms. The third kappa shape index (κ3) is 3.95. The van der Waals surface area contributed by atoms with Crippen LogP contribution >= 0.6 is 11.8 Å². The Hall–Kier alpha value is -1.16. The van der Waals surface area contributed by atoms with Crippen LogP contribution in [0.25, 0.3) is 0 Å². The number of allylic oxidation sites excluding steroid dienone is 3. The Labute approximate surface area is 112 Å². The molecule has 1 heterocycles. The van der Waals surface area contributed by atoms with E-state index in [9.17, 15) is 4.79 Å². The van der Waals surface area contributed by atoms with Gasteiger partial charge in [-0.2, -0.15) is 0 Å². The highest BCUT2D eigenvalue weighted by molar-refractivity contribution is 8.03. The summed E-state index contributed by atoms with van der Waals surface area (Å²) >= 11 is 1.82. The Kier molecular flexibility index (Phi) is 4.93. The molecule has 0 radical (unpaired) electrons. The van der Waals surface area contributed by atoms with E-state index in [0.29, 0.717) is 6.42 Å². The van der Waals surface area contributed by atoms with E-state index in [4.69, 9.17) is 9.47 Å². The van der Waals surface area contributed by atoms with Gasteiger partial charge in [0.15, 0.2) is 0 Å². The summed E-state index contributed by atoms with van der Waals surface area (Å²) in [6.45, 7) is 0. The topological polar surface area (TPSA) is 35.5 Å². The van der Waals surface area contributed by atoms with Crippen LogP contribution in [0.2, 0.25) is 0 Å². The second-order valence-electron chi connectivity index (χ2n) is 4.30. The fourth-order valence-corrected chi connectivity index (χ4v) is 3.01. The minimum absolute atomic E-state index is 0.0434. The Morgan fingerprint density at radius 1 is 1.50 bits per heavy atom. The number of hydrogen-bond donors (Lipinski definition) is 0. The summed E-state index contributed by atoms with van der Waals surface area (Å²) in [6, 6.07) is 0. The second-order valence-corrected chi connectivity index (χ2v) is 5.47. The van der Waals surface area contributed by atoms with E-state index in [1.54, 1.807) is 7.11 Å². The predicted octanol–water partition coefficient (Wildman–Crippen LogP) is 3.19. The van der Waals surface area contributed by atoms with Crippen molar-refractivity contribution in [3.05, 3.63) is 35.0 Å². The van der Waals surface area contributed by atoms with E-state index >= 15 is 0 Å². The normalized spacial score (nSPS) is 23.2. The number of carbonyl (C=O) groups excluding carboxylic acids is 1. The molecule has 0 aromatic rings. The van der Waals surface area contributed by atoms with Gasteiger partial charge in [0.05, 0.1) is 13.2 Å². The van der Waals surface area contributed by atoms with Crippen LogP contribution < -0.4 is 0 Å². The van der Waals surface area contributed by atoms with Gasteiger partial charge >= 0.3 is 5.97 Å². The van der Waals surface area contributed by atoms with Gasteiger partial charge in [-0.3, -0.25) is 0 Å². The van der Waals surface area contributed by atoms with Gasteiger partial charge in [0.1, 0.15) is 11.9 Å². The zero-order valence-corrected chi connectivity index (χ0v) is 11.4. The maximum absolute atomic E-state index is 11.3. The van der Waals surface area contributed by atoms with Crippen molar-refractivity contribution in [2.75, 3.05) is 12.9 Å². The Morgan fingerprint density at radius 3 is 3.11 bits per heavy atom. The summed E-state index contributed by atoms with van der Waals surface area (Å²) in [7, 11) is 1.59. The molecule has 0 amide bonds. The van der Waals surface area contributed by atoms with Crippen molar-refractivity contribution < 1.29 is 14.3 Å². The lowest BCUT2D eigenvalue weighted by atomic mass is 10.1. The molecule has 0 N–H and O–H groups in total. The molecule has 0 saturated carbocycles. The zero-order valence-electron chi connectivity index (χ0n) is 10.6. The van der Waals surface area contributed by atoms with Gasteiger partial charge in [0, 0.05) is 17.1 Å². The van der Waals surface area contributed by atoms with Gasteiger partial charge < -0.3 is 9.47 Å². The van der Waals surface area contributed by atoms with Crippen molar-refractivity contribution in [2.24, 2.45) is 0 Å². The molecule has 1 unspecified atom stereocenters. The highest BCUT2D eigenvalue weighted by Gasteiger charge is 2.21. The second kappa shape index (κ2) is 6.69. The quantitative estimate of drug-likeness (QED) is 0.716. The first-order valence-electron chi connectivity index (χ1n) is 6.22. The number of hydrogen-bond acceptors (Lipinski definition) is 4. The molecular weight excluding hydrogens is 248 g/mol. The first kappa shape index (κ1) is 13.3. The smallest absolute Gasteiger partial charge is 0.334 e. The van der Waals surface area contributed by atoms with E-state index in [-0.39, 0.29) is 12.1 Å². The third-order valence-electron chi connectivity index (χ3n) is 2.92. The molecule has 0 aromatic heterocycles. The van der Waals surface area contributed by atoms with Gasteiger partial charge in [0.2, 0.25) is 0 Å². The van der Waals surface area contributed by atoms with Crippen LogP contribution in [0, 0.1) is 0 Å². The van der Waals surface area contributed by atoms with Gasteiger partial charge in [-0.05, 0) is 19.3 Å². The Balaban J connectivity index is 1.74. The van der Waals surface area contributed by atoms with Crippen LogP contribution in [0.4, 0.5) is 0 Å². The lowest BCUT2D eigenvalue weighted by Crippen LogP contribution is -2.23. The van der Waals surface area contributed by atoms with E-state index in [1.165, 1.54) is 11.0 Å². The average Bonchev–Trinajstić information content (AvgIpc) is 2.39. The number of thioether (sulfide) groups is 1. The molecule has 2 aliphatic rings. The molecule has 4 heteroatoms. The molecule has 0 aromatic carbocycles. The summed E-state index contributed by atoms with van der Waals surface area (Å²) in [6.07, 6.45) is 11.8. The van der Waals surface area contributed by atoms with Crippen LogP contribution in [0.1, 0.15) is 25.7 Å². The Morgan fingerprint density at radius 2 is 2.39 bits per heavy atom. The minimum atomic E-state index is -0.287. The van der Waals surface area contributed by atoms with Crippen LogP contribution in [-0.4, -0.2) is 24.9 Å². The van der Waals surface area contributed by atoms with Gasteiger partial charge in [-0.15, -0.1) is 11.8 Å². The molecular formula is C14H18O3S. The largest absolute Gasteiger partial charge is 0.501 e. The average molecular weight is 266 g/mol. The Bertz CT molecular complexity index is 396. The first-order valence-corrected chi connectivity index (χ1v) is 7.21. The summed E-state index contributed by atoms with van der Waals surface area (Å²) in [5, 5.41) is 0. The highest BCUT2D eigenvalue weighted by atomic mass is 32.2. The van der Waals surface area contributed by atoms with Crippen molar-refractivity contribution in [2.45, 2.75) is 31.8 Å². The van der Waals surface area contributed by atoms with E-state index in [0.717, 1.165) is 30.8 Å². The molecule has 0 bridgehead atoms. The molecule has 18 heavy (non-hydrogen) atoms. The molecule has 2 rings (SSSR count). The van der Waals surface area contributed by atoms with Gasteiger partial charge in [-0.25, -0.2) is 4.79 Å². The molecule has 0 saturated heterocycles. The fraction of sp³-hybridized carbons (Fsp3) is 0.500. The summed E-state index contributed by atoms with van der Waals surface area (Å²) in [5.74, 6) is 1.40. The number of carbonyl (C=O) groups is 1. The van der Waals surface area contributed by atoms with Gasteiger partial charge in [-0.1, -0.05) is 18.2 Å². The SMILES string of the molecule is COC1=CC(=O)OC(CCSC2=CCCC=C2)C1. The van der Waals surface area contributed by atoms with Crippen LogP contribution in [0.3, 0.4) is 0 Å². The molecule has 1 atom stereocenters. The number of esters is 1. The van der Waals surface area contributed by atoms with Crippen molar-refractivity contribution in [1.82, 2.24) is 0 Å². The molecule has 1 aliphatic carbocycles. The minimum Gasteiger partial charge on any atom is -0.501 e. The number of methoxy groups -OCH3 is 1. The van der Waals surface area contributed by atoms with Crippen LogP contribution in [-0.2, 0) is 14.3 Å². The molecule has 0 fully saturated rings. The summed E-state index contributed by atoms with van der Waals surface area (Å²) in [4.78, 5) is 12.6. The predicted molar refractivity (Wildman–Crippen MR) is 73.1 cm³/mol. The van der Waals surface area contributed by atoms with Crippen molar-refractivity contribution in [1.29, 1.82) is 0 Å². The number of ether oxygens (including phenoxy) is 2. The standard InChI is InChI=1S/C14H18O3S/c1-16-12-9-11(17-14(15)10-12)7-8-18-13-5-3-2-4-6-13/h3,5-6,10-11H,2,4,7-9H2,1H3. The lowest BCUT2D eigenvalue weighted by molar-refractivity contribution is -0.145. The number of rotatable bonds is 5. The van der Waals surface area contributed by atoms with Gasteiger partial charge in [0.25, 0.3) is 0 Å². The highest BCUT2D eigenvalue weighted by Crippen LogP contribution is 2.25. The van der Waals surface area contributed by atoms with E-state index < -0.39 is 0 Å². The maximum Gasteiger partial charge on any atom is 0.334 e. The van der Waals surface area contributed by atoms with E-state index in [1.807, 2.05) is 11.8 Å². The molecule has 3 nitrogen and oxygen atoms in total. The maximum atomic E-state index is 11.3. The fourth-order valence-electron chi connectivity index (χ4n) is 1.96. The van der Waals surface area contributed by atoms with Crippen molar-refractivity contribution >= 4 is 17.7 Å². The van der Waals surface area contributed by atoms with Crippen molar-refractivity contribution in [3.63, 3.8) is 0 Å². The summed E-state index contributed by atoms with van der Waals surface area (Å²) < 4.78 is 10.4.